The largest absolute Gasteiger partial charge is 0.262 e. The molecular weight excluding hydrogens is 251 g/mol. The molecule has 2 heterocycles. The van der Waals surface area contributed by atoms with Crippen molar-refractivity contribution in [3.63, 3.8) is 0 Å². The minimum Gasteiger partial charge on any atom is -0.262 e. The molecule has 0 bridgehead atoms. The van der Waals surface area contributed by atoms with Crippen LogP contribution in [-0.4, -0.2) is 9.97 Å². The monoisotopic (exact) mass is 274 g/mol. The zero-order valence-corrected chi connectivity index (χ0v) is 12.9. The first-order valence-electron chi connectivity index (χ1n) is 6.94. The molecule has 0 atom stereocenters. The van der Waals surface area contributed by atoms with Crippen molar-refractivity contribution >= 4 is 0 Å². The number of hydrogen-bond donors (Lipinski definition) is 0. The van der Waals surface area contributed by atoms with Gasteiger partial charge in [-0.15, -0.1) is 0 Å². The highest BCUT2D eigenvalue weighted by Gasteiger charge is 1.99. The van der Waals surface area contributed by atoms with Crippen LogP contribution in [-0.2, 0) is 0 Å². The molecule has 2 aromatic heterocycles. The number of rotatable bonds is 2. The number of nitrogens with zero attached hydrogens (tertiary/aromatic N) is 2. The molecule has 0 aliphatic heterocycles. The zero-order valence-electron chi connectivity index (χ0n) is 12.9. The van der Waals surface area contributed by atoms with Gasteiger partial charge in [-0.2, -0.15) is 4.39 Å². The molecule has 20 heavy (non-hydrogen) atoms. The van der Waals surface area contributed by atoms with E-state index in [-0.39, 0.29) is 0 Å². The fourth-order valence-electron chi connectivity index (χ4n) is 1.70. The zero-order chi connectivity index (χ0) is 15.1. The predicted octanol–water partition coefficient (Wildman–Crippen LogP) is 4.86. The molecule has 2 aromatic rings. The van der Waals surface area contributed by atoms with Crippen LogP contribution < -0.4 is 0 Å². The number of aromatic nitrogens is 2. The lowest BCUT2D eigenvalue weighted by Gasteiger charge is -2.03. The third-order valence-electron chi connectivity index (χ3n) is 3.00. The van der Waals surface area contributed by atoms with Crippen molar-refractivity contribution in [2.75, 3.05) is 0 Å². The summed E-state index contributed by atoms with van der Waals surface area (Å²) >= 11 is 0. The normalized spacial score (nSPS) is 10.4. The maximum absolute atomic E-state index is 12.4. The van der Waals surface area contributed by atoms with E-state index in [0.29, 0.717) is 11.8 Å². The molecular formula is C17H23FN2. The summed E-state index contributed by atoms with van der Waals surface area (Å²) in [5.74, 6) is 0.588. The Morgan fingerprint density at radius 2 is 1.35 bits per heavy atom. The molecule has 0 unspecified atom stereocenters. The van der Waals surface area contributed by atoms with Gasteiger partial charge in [-0.3, -0.25) is 4.98 Å². The van der Waals surface area contributed by atoms with Crippen molar-refractivity contribution in [1.82, 2.24) is 9.97 Å². The lowest BCUT2D eigenvalue weighted by molar-refractivity contribution is 0.579. The van der Waals surface area contributed by atoms with Crippen molar-refractivity contribution in [3.8, 4) is 0 Å². The molecule has 0 N–H and O–H groups in total. The first-order valence-corrected chi connectivity index (χ1v) is 6.94. The van der Waals surface area contributed by atoms with Crippen LogP contribution in [0.3, 0.4) is 0 Å². The maximum atomic E-state index is 12.4. The molecule has 0 saturated heterocycles. The van der Waals surface area contributed by atoms with Gasteiger partial charge in [-0.25, -0.2) is 4.98 Å². The van der Waals surface area contributed by atoms with Gasteiger partial charge in [-0.1, -0.05) is 27.7 Å². The minimum absolute atomic E-state index is 0.373. The Labute approximate surface area is 121 Å². The summed E-state index contributed by atoms with van der Waals surface area (Å²) in [6.07, 6.45) is 3.36. The van der Waals surface area contributed by atoms with E-state index in [2.05, 4.69) is 35.9 Å². The molecule has 0 amide bonds. The van der Waals surface area contributed by atoms with Gasteiger partial charge in [0.2, 0.25) is 5.95 Å². The average Bonchev–Trinajstić information content (AvgIpc) is 2.39. The van der Waals surface area contributed by atoms with Gasteiger partial charge in [0.1, 0.15) is 0 Å². The summed E-state index contributed by atoms with van der Waals surface area (Å²) in [5, 5.41) is 0. The van der Waals surface area contributed by atoms with Gasteiger partial charge in [-0.05, 0) is 54.2 Å². The summed E-state index contributed by atoms with van der Waals surface area (Å²) in [7, 11) is 0. The van der Waals surface area contributed by atoms with Gasteiger partial charge >= 0.3 is 0 Å². The van der Waals surface area contributed by atoms with Crippen molar-refractivity contribution in [3.05, 3.63) is 59.4 Å². The molecule has 0 saturated carbocycles. The second-order valence-corrected chi connectivity index (χ2v) is 5.45. The molecule has 0 aliphatic carbocycles. The molecule has 2 nitrogen and oxygen atoms in total. The quantitative estimate of drug-likeness (QED) is 0.731. The predicted molar refractivity (Wildman–Crippen MR) is 81.3 cm³/mol. The van der Waals surface area contributed by atoms with Gasteiger partial charge in [0, 0.05) is 18.1 Å². The van der Waals surface area contributed by atoms with Crippen LogP contribution in [0.2, 0.25) is 0 Å². The lowest BCUT2D eigenvalue weighted by Crippen LogP contribution is -1.89. The van der Waals surface area contributed by atoms with Crippen LogP contribution in [0.15, 0.2) is 36.7 Å². The fraction of sp³-hybridized carbons (Fsp3) is 0.412. The lowest BCUT2D eigenvalue weighted by atomic mass is 10.0. The van der Waals surface area contributed by atoms with Gasteiger partial charge in [0.05, 0.1) is 0 Å². The first kappa shape index (κ1) is 16.3. The highest BCUT2D eigenvalue weighted by Crippen LogP contribution is 2.13. The first-order chi connectivity index (χ1) is 9.40. The summed E-state index contributed by atoms with van der Waals surface area (Å²) < 4.78 is 12.4. The SMILES string of the molecule is CC(C)c1ccnc(F)c1.Cc1cc(C(C)C)ccn1. The Kier molecular flexibility index (Phi) is 6.29. The second-order valence-electron chi connectivity index (χ2n) is 5.45. The summed E-state index contributed by atoms with van der Waals surface area (Å²) in [5.41, 5.74) is 3.46. The standard InChI is InChI=1S/C9H13N.C8H10FN/c1-7(2)9-4-5-10-8(3)6-9;1-6(2)7-3-4-10-8(9)5-7/h4-7H,1-3H3;3-6H,1-2H3. The summed E-state index contributed by atoms with van der Waals surface area (Å²) in [6.45, 7) is 10.4. The molecule has 0 spiro atoms. The number of halogens is 1. The van der Waals surface area contributed by atoms with E-state index in [9.17, 15) is 4.39 Å². The summed E-state index contributed by atoms with van der Waals surface area (Å²) in [4.78, 5) is 7.58. The maximum Gasteiger partial charge on any atom is 0.213 e. The Balaban J connectivity index is 0.000000200. The summed E-state index contributed by atoms with van der Waals surface area (Å²) in [6, 6.07) is 7.49. The van der Waals surface area contributed by atoms with E-state index in [1.54, 1.807) is 0 Å². The van der Waals surface area contributed by atoms with Crippen molar-refractivity contribution < 1.29 is 4.39 Å². The molecule has 0 radical (unpaired) electrons. The van der Waals surface area contributed by atoms with E-state index in [1.807, 2.05) is 33.0 Å². The van der Waals surface area contributed by atoms with E-state index in [4.69, 9.17) is 0 Å². The number of hydrogen-bond acceptors (Lipinski definition) is 2. The van der Waals surface area contributed by atoms with Crippen LogP contribution in [0, 0.1) is 12.9 Å². The molecule has 0 aromatic carbocycles. The van der Waals surface area contributed by atoms with E-state index in [1.165, 1.54) is 17.8 Å². The van der Waals surface area contributed by atoms with Crippen molar-refractivity contribution in [1.29, 1.82) is 0 Å². The molecule has 0 aliphatic rings. The van der Waals surface area contributed by atoms with E-state index in [0.717, 1.165) is 11.3 Å². The fourth-order valence-corrected chi connectivity index (χ4v) is 1.70. The highest BCUT2D eigenvalue weighted by atomic mass is 19.1. The van der Waals surface area contributed by atoms with Crippen LogP contribution in [0.5, 0.6) is 0 Å². The Bertz CT molecular complexity index is 487. The third kappa shape index (κ3) is 5.47. The van der Waals surface area contributed by atoms with Gasteiger partial charge in [0.25, 0.3) is 0 Å². The Morgan fingerprint density at radius 1 is 0.850 bits per heavy atom. The minimum atomic E-state index is -0.397. The Hall–Kier alpha value is -1.77. The van der Waals surface area contributed by atoms with Crippen molar-refractivity contribution in [2.45, 2.75) is 46.5 Å². The molecule has 2 rings (SSSR count). The van der Waals surface area contributed by atoms with Gasteiger partial charge < -0.3 is 0 Å². The van der Waals surface area contributed by atoms with Gasteiger partial charge in [0.15, 0.2) is 0 Å². The Morgan fingerprint density at radius 3 is 1.70 bits per heavy atom. The van der Waals surface area contributed by atoms with Crippen LogP contribution >= 0.6 is 0 Å². The number of aryl methyl sites for hydroxylation is 1. The van der Waals surface area contributed by atoms with Crippen LogP contribution in [0.1, 0.15) is 56.4 Å². The average molecular weight is 274 g/mol. The van der Waals surface area contributed by atoms with Crippen LogP contribution in [0.25, 0.3) is 0 Å². The van der Waals surface area contributed by atoms with E-state index < -0.39 is 5.95 Å². The molecule has 3 heteroatoms. The van der Waals surface area contributed by atoms with Crippen LogP contribution in [0.4, 0.5) is 4.39 Å². The number of pyridine rings is 2. The molecule has 0 fully saturated rings. The topological polar surface area (TPSA) is 25.8 Å². The van der Waals surface area contributed by atoms with E-state index >= 15 is 0 Å². The second kappa shape index (κ2) is 7.73. The highest BCUT2D eigenvalue weighted by molar-refractivity contribution is 5.18. The third-order valence-corrected chi connectivity index (χ3v) is 3.00. The molecule has 108 valence electrons. The van der Waals surface area contributed by atoms with Crippen molar-refractivity contribution in [2.24, 2.45) is 0 Å². The smallest absolute Gasteiger partial charge is 0.213 e.